The van der Waals surface area contributed by atoms with Crippen molar-refractivity contribution in [1.82, 2.24) is 0 Å². The molecule has 0 unspecified atom stereocenters. The fourth-order valence-corrected chi connectivity index (χ4v) is 2.27. The summed E-state index contributed by atoms with van der Waals surface area (Å²) in [7, 11) is 0. The molecule has 116 valence electrons. The fourth-order valence-electron chi connectivity index (χ4n) is 2.27. The van der Waals surface area contributed by atoms with Crippen molar-refractivity contribution in [2.75, 3.05) is 17.2 Å². The zero-order valence-corrected chi connectivity index (χ0v) is 13.1. The minimum atomic E-state index is 0.00912. The highest BCUT2D eigenvalue weighted by Gasteiger charge is 2.03. The monoisotopic (exact) mass is 296 g/mol. The second kappa shape index (κ2) is 8.88. The van der Waals surface area contributed by atoms with Gasteiger partial charge in [-0.2, -0.15) is 0 Å². The van der Waals surface area contributed by atoms with Gasteiger partial charge in [-0.3, -0.25) is 4.79 Å². The molecule has 0 spiro atoms. The molecule has 0 heterocycles. The third-order valence-electron chi connectivity index (χ3n) is 3.49. The second-order valence-corrected chi connectivity index (χ2v) is 5.42. The van der Waals surface area contributed by atoms with Crippen LogP contribution in [0.3, 0.4) is 0 Å². The summed E-state index contributed by atoms with van der Waals surface area (Å²) in [5.41, 5.74) is 2.95. The van der Waals surface area contributed by atoms with Crippen LogP contribution in [-0.2, 0) is 11.2 Å². The van der Waals surface area contributed by atoms with Crippen molar-refractivity contribution in [1.29, 1.82) is 0 Å². The van der Waals surface area contributed by atoms with Crippen molar-refractivity contribution < 1.29 is 4.79 Å². The van der Waals surface area contributed by atoms with Crippen molar-refractivity contribution in [3.05, 3.63) is 60.2 Å². The van der Waals surface area contributed by atoms with Crippen LogP contribution >= 0.6 is 0 Å². The fraction of sp³-hybridized carbons (Fsp3) is 0.316. The summed E-state index contributed by atoms with van der Waals surface area (Å²) in [5.74, 6) is 0.00912. The Morgan fingerprint density at radius 2 is 1.59 bits per heavy atom. The normalized spacial score (nSPS) is 10.2. The molecule has 0 aromatic heterocycles. The third-order valence-corrected chi connectivity index (χ3v) is 3.49. The topological polar surface area (TPSA) is 41.1 Å². The first kappa shape index (κ1) is 16.1. The number of benzene rings is 2. The summed E-state index contributed by atoms with van der Waals surface area (Å²) in [6.07, 6.45) is 4.07. The Bertz CT molecular complexity index is 564. The molecule has 0 aliphatic carbocycles. The van der Waals surface area contributed by atoms with Gasteiger partial charge in [0.25, 0.3) is 0 Å². The Kier molecular flexibility index (Phi) is 6.49. The molecule has 0 aliphatic rings. The molecule has 0 radical (unpaired) electrons. The van der Waals surface area contributed by atoms with Gasteiger partial charge >= 0.3 is 0 Å². The number of nitrogens with one attached hydrogen (secondary N) is 2. The summed E-state index contributed by atoms with van der Waals surface area (Å²) >= 11 is 0. The van der Waals surface area contributed by atoms with Gasteiger partial charge < -0.3 is 10.6 Å². The quantitative estimate of drug-likeness (QED) is 0.706. The average molecular weight is 296 g/mol. The molecule has 0 aliphatic heterocycles. The molecule has 2 rings (SSSR count). The molecule has 0 atom stereocenters. The average Bonchev–Trinajstić information content (AvgIpc) is 2.54. The van der Waals surface area contributed by atoms with Crippen LogP contribution < -0.4 is 10.6 Å². The van der Waals surface area contributed by atoms with Crippen molar-refractivity contribution in [2.24, 2.45) is 0 Å². The number of hydrogen-bond acceptors (Lipinski definition) is 2. The van der Waals surface area contributed by atoms with E-state index in [2.05, 4.69) is 17.6 Å². The lowest BCUT2D eigenvalue weighted by atomic mass is 10.1. The molecule has 2 aromatic carbocycles. The molecular weight excluding hydrogens is 272 g/mol. The van der Waals surface area contributed by atoms with Crippen LogP contribution in [0.15, 0.2) is 54.6 Å². The van der Waals surface area contributed by atoms with E-state index in [0.717, 1.165) is 23.5 Å². The van der Waals surface area contributed by atoms with E-state index in [-0.39, 0.29) is 5.91 Å². The first-order valence-electron chi connectivity index (χ1n) is 7.95. The van der Waals surface area contributed by atoms with Crippen LogP contribution in [0, 0.1) is 0 Å². The molecule has 0 saturated carbocycles. The molecular formula is C19H24N2O. The lowest BCUT2D eigenvalue weighted by molar-refractivity contribution is -0.115. The van der Waals surface area contributed by atoms with Crippen LogP contribution in [0.1, 0.15) is 31.7 Å². The van der Waals surface area contributed by atoms with Crippen LogP contribution in [0.2, 0.25) is 0 Å². The van der Waals surface area contributed by atoms with Gasteiger partial charge in [-0.15, -0.1) is 0 Å². The van der Waals surface area contributed by atoms with E-state index in [9.17, 15) is 4.79 Å². The van der Waals surface area contributed by atoms with Crippen molar-refractivity contribution in [2.45, 2.75) is 32.6 Å². The van der Waals surface area contributed by atoms with Crippen LogP contribution in [0.4, 0.5) is 11.4 Å². The number of carbonyl (C=O) groups excluding carboxylic acids is 1. The smallest absolute Gasteiger partial charge is 0.228 e. The number of amides is 1. The van der Waals surface area contributed by atoms with Gasteiger partial charge in [-0.1, -0.05) is 50.1 Å². The summed E-state index contributed by atoms with van der Waals surface area (Å²) in [6, 6.07) is 17.6. The molecule has 0 bridgehead atoms. The molecule has 0 fully saturated rings. The Morgan fingerprint density at radius 1 is 0.909 bits per heavy atom. The van der Waals surface area contributed by atoms with Gasteiger partial charge in [0.1, 0.15) is 0 Å². The van der Waals surface area contributed by atoms with E-state index in [0.29, 0.717) is 6.42 Å². The Balaban J connectivity index is 1.79. The van der Waals surface area contributed by atoms with Crippen molar-refractivity contribution in [3.8, 4) is 0 Å². The first-order chi connectivity index (χ1) is 10.8. The molecule has 3 heteroatoms. The minimum Gasteiger partial charge on any atom is -0.385 e. The van der Waals surface area contributed by atoms with Gasteiger partial charge in [0.05, 0.1) is 6.42 Å². The number of anilines is 2. The number of rotatable bonds is 8. The maximum Gasteiger partial charge on any atom is 0.228 e. The van der Waals surface area contributed by atoms with Gasteiger partial charge in [0, 0.05) is 17.9 Å². The van der Waals surface area contributed by atoms with E-state index in [4.69, 9.17) is 0 Å². The lowest BCUT2D eigenvalue weighted by Gasteiger charge is -2.08. The van der Waals surface area contributed by atoms with Gasteiger partial charge in [-0.05, 0) is 36.2 Å². The van der Waals surface area contributed by atoms with E-state index in [1.165, 1.54) is 19.3 Å². The largest absolute Gasteiger partial charge is 0.385 e. The number of unbranched alkanes of at least 4 members (excludes halogenated alkanes) is 2. The SMILES string of the molecule is CCCCCNc1ccc(NC(=O)Cc2ccccc2)cc1. The van der Waals surface area contributed by atoms with Crippen molar-refractivity contribution in [3.63, 3.8) is 0 Å². The van der Waals surface area contributed by atoms with E-state index in [1.54, 1.807) is 0 Å². The Hall–Kier alpha value is -2.29. The van der Waals surface area contributed by atoms with E-state index < -0.39 is 0 Å². The molecule has 22 heavy (non-hydrogen) atoms. The predicted molar refractivity (Wildman–Crippen MR) is 93.2 cm³/mol. The molecule has 0 saturated heterocycles. The van der Waals surface area contributed by atoms with Crippen LogP contribution in [-0.4, -0.2) is 12.5 Å². The Labute approximate surface area is 132 Å². The van der Waals surface area contributed by atoms with Gasteiger partial charge in [0.15, 0.2) is 0 Å². The third kappa shape index (κ3) is 5.60. The summed E-state index contributed by atoms with van der Waals surface area (Å²) in [4.78, 5) is 12.0. The summed E-state index contributed by atoms with van der Waals surface area (Å²) in [5, 5.41) is 6.31. The number of carbonyl (C=O) groups is 1. The highest BCUT2D eigenvalue weighted by Crippen LogP contribution is 2.14. The standard InChI is InChI=1S/C19H24N2O/c1-2-3-7-14-20-17-10-12-18(13-11-17)21-19(22)15-16-8-5-4-6-9-16/h4-6,8-13,20H,2-3,7,14-15H2,1H3,(H,21,22). The maximum atomic E-state index is 12.0. The Morgan fingerprint density at radius 3 is 2.27 bits per heavy atom. The minimum absolute atomic E-state index is 0.00912. The van der Waals surface area contributed by atoms with Gasteiger partial charge in [0.2, 0.25) is 5.91 Å². The molecule has 2 aromatic rings. The van der Waals surface area contributed by atoms with Crippen molar-refractivity contribution >= 4 is 17.3 Å². The predicted octanol–water partition coefficient (Wildman–Crippen LogP) is 4.47. The second-order valence-electron chi connectivity index (χ2n) is 5.42. The lowest BCUT2D eigenvalue weighted by Crippen LogP contribution is -2.14. The van der Waals surface area contributed by atoms with E-state index >= 15 is 0 Å². The zero-order valence-electron chi connectivity index (χ0n) is 13.1. The molecule has 2 N–H and O–H groups in total. The summed E-state index contributed by atoms with van der Waals surface area (Å²) < 4.78 is 0. The summed E-state index contributed by atoms with van der Waals surface area (Å²) in [6.45, 7) is 3.19. The van der Waals surface area contributed by atoms with Crippen LogP contribution in [0.5, 0.6) is 0 Å². The number of hydrogen-bond donors (Lipinski definition) is 2. The molecule has 3 nitrogen and oxygen atoms in total. The highest BCUT2D eigenvalue weighted by molar-refractivity contribution is 5.92. The van der Waals surface area contributed by atoms with Crippen LogP contribution in [0.25, 0.3) is 0 Å². The van der Waals surface area contributed by atoms with E-state index in [1.807, 2.05) is 54.6 Å². The molecule has 1 amide bonds. The van der Waals surface area contributed by atoms with Gasteiger partial charge in [-0.25, -0.2) is 0 Å². The zero-order chi connectivity index (χ0) is 15.6. The maximum absolute atomic E-state index is 12.0. The highest BCUT2D eigenvalue weighted by atomic mass is 16.1. The first-order valence-corrected chi connectivity index (χ1v) is 7.95.